The number of carbonyl (C=O) groups excluding carboxylic acids is 1. The number of methoxy groups -OCH3 is 1. The fourth-order valence-corrected chi connectivity index (χ4v) is 3.73. The van der Waals surface area contributed by atoms with Gasteiger partial charge < -0.3 is 15.4 Å². The van der Waals surface area contributed by atoms with E-state index in [1.54, 1.807) is 43.8 Å². The van der Waals surface area contributed by atoms with Crippen LogP contribution in [0.5, 0.6) is 0 Å². The maximum Gasteiger partial charge on any atom is 0.319 e. The van der Waals surface area contributed by atoms with Crippen LogP contribution in [0.2, 0.25) is 0 Å². The second-order valence-corrected chi connectivity index (χ2v) is 8.11. The van der Waals surface area contributed by atoms with E-state index < -0.39 is 16.1 Å². The van der Waals surface area contributed by atoms with E-state index >= 15 is 0 Å². The maximum atomic E-state index is 12.6. The van der Waals surface area contributed by atoms with Crippen molar-refractivity contribution < 1.29 is 17.9 Å². The largest absolute Gasteiger partial charge is 0.380 e. The first-order valence-electron chi connectivity index (χ1n) is 9.11. The van der Waals surface area contributed by atoms with Crippen LogP contribution in [0.1, 0.15) is 11.1 Å². The number of urea groups is 1. The normalized spacial score (nSPS) is 11.0. The Morgan fingerprint density at radius 1 is 1.00 bits per heavy atom. The molecule has 1 heterocycles. The molecule has 0 spiro atoms. The summed E-state index contributed by atoms with van der Waals surface area (Å²) >= 11 is 0. The van der Waals surface area contributed by atoms with Crippen LogP contribution in [-0.2, 0) is 27.9 Å². The van der Waals surface area contributed by atoms with Crippen LogP contribution in [-0.4, -0.2) is 26.5 Å². The predicted molar refractivity (Wildman–Crippen MR) is 115 cm³/mol. The van der Waals surface area contributed by atoms with E-state index in [2.05, 4.69) is 20.3 Å². The SMILES string of the molecule is COCc1cccc(NS(=O)(=O)c2ccc(NC(=O)NCc3cccnc3)cc2)c1. The first-order chi connectivity index (χ1) is 14.5. The molecule has 0 aliphatic heterocycles. The van der Waals surface area contributed by atoms with Gasteiger partial charge in [0.05, 0.1) is 11.5 Å². The van der Waals surface area contributed by atoms with Gasteiger partial charge in [-0.2, -0.15) is 0 Å². The summed E-state index contributed by atoms with van der Waals surface area (Å²) in [5.74, 6) is 0. The maximum absolute atomic E-state index is 12.6. The summed E-state index contributed by atoms with van der Waals surface area (Å²) in [5, 5.41) is 5.37. The first kappa shape index (κ1) is 21.3. The highest BCUT2D eigenvalue weighted by atomic mass is 32.2. The molecule has 3 rings (SSSR count). The van der Waals surface area contributed by atoms with E-state index in [0.29, 0.717) is 24.5 Å². The van der Waals surface area contributed by atoms with E-state index in [4.69, 9.17) is 4.74 Å². The molecule has 156 valence electrons. The molecular formula is C21H22N4O4S. The number of hydrogen-bond acceptors (Lipinski definition) is 5. The Kier molecular flexibility index (Phi) is 6.99. The smallest absolute Gasteiger partial charge is 0.319 e. The molecule has 0 bridgehead atoms. The minimum atomic E-state index is -3.76. The van der Waals surface area contributed by atoms with Crippen molar-refractivity contribution in [2.24, 2.45) is 0 Å². The Bertz CT molecular complexity index is 1090. The standard InChI is InChI=1S/C21H22N4O4S/c1-29-15-16-4-2-6-19(12-16)25-30(27,28)20-9-7-18(8-10-20)24-21(26)23-14-17-5-3-11-22-13-17/h2-13,25H,14-15H2,1H3,(H2,23,24,26). The third-order valence-electron chi connectivity index (χ3n) is 4.09. The van der Waals surface area contributed by atoms with Gasteiger partial charge in [0.15, 0.2) is 0 Å². The molecule has 8 nitrogen and oxygen atoms in total. The predicted octanol–water partition coefficient (Wildman–Crippen LogP) is 3.35. The van der Waals surface area contributed by atoms with Gasteiger partial charge in [0, 0.05) is 37.4 Å². The van der Waals surface area contributed by atoms with Crippen LogP contribution in [0.3, 0.4) is 0 Å². The van der Waals surface area contributed by atoms with Gasteiger partial charge >= 0.3 is 6.03 Å². The van der Waals surface area contributed by atoms with E-state index in [1.807, 2.05) is 12.1 Å². The minimum Gasteiger partial charge on any atom is -0.380 e. The molecule has 1 aromatic heterocycles. The summed E-state index contributed by atoms with van der Waals surface area (Å²) in [5.41, 5.74) is 2.64. The second-order valence-electron chi connectivity index (χ2n) is 6.43. The highest BCUT2D eigenvalue weighted by molar-refractivity contribution is 7.92. The molecule has 0 unspecified atom stereocenters. The number of amides is 2. The molecule has 0 aliphatic rings. The molecule has 30 heavy (non-hydrogen) atoms. The first-order valence-corrected chi connectivity index (χ1v) is 10.6. The Morgan fingerprint density at radius 2 is 1.77 bits per heavy atom. The average Bonchev–Trinajstić information content (AvgIpc) is 2.74. The van der Waals surface area contributed by atoms with Crippen molar-refractivity contribution in [1.29, 1.82) is 0 Å². The summed E-state index contributed by atoms with van der Waals surface area (Å²) < 4.78 is 32.8. The zero-order valence-corrected chi connectivity index (χ0v) is 17.1. The van der Waals surface area contributed by atoms with Gasteiger partial charge in [-0.05, 0) is 53.6 Å². The number of anilines is 2. The average molecular weight is 426 g/mol. The Balaban J connectivity index is 1.60. The molecule has 3 N–H and O–H groups in total. The monoisotopic (exact) mass is 426 g/mol. The van der Waals surface area contributed by atoms with E-state index in [0.717, 1.165) is 11.1 Å². The van der Waals surface area contributed by atoms with Gasteiger partial charge in [-0.3, -0.25) is 9.71 Å². The summed E-state index contributed by atoms with van der Waals surface area (Å²) in [6.45, 7) is 0.719. The van der Waals surface area contributed by atoms with E-state index in [-0.39, 0.29) is 4.90 Å². The fourth-order valence-electron chi connectivity index (χ4n) is 2.68. The summed E-state index contributed by atoms with van der Waals surface area (Å²) in [7, 11) is -2.19. The summed E-state index contributed by atoms with van der Waals surface area (Å²) in [6.07, 6.45) is 3.32. The van der Waals surface area contributed by atoms with Crippen molar-refractivity contribution >= 4 is 27.4 Å². The third-order valence-corrected chi connectivity index (χ3v) is 5.49. The molecule has 0 saturated carbocycles. The number of aromatic nitrogens is 1. The van der Waals surface area contributed by atoms with Crippen LogP contribution in [0.15, 0.2) is 78.0 Å². The quantitative estimate of drug-likeness (QED) is 0.512. The van der Waals surface area contributed by atoms with Gasteiger partial charge in [0.2, 0.25) is 0 Å². The minimum absolute atomic E-state index is 0.0842. The van der Waals surface area contributed by atoms with E-state index in [1.165, 1.54) is 24.3 Å². The van der Waals surface area contributed by atoms with Gasteiger partial charge in [-0.25, -0.2) is 13.2 Å². The number of pyridine rings is 1. The third kappa shape index (κ3) is 6.03. The number of ether oxygens (including phenoxy) is 1. The Labute approximate surface area is 175 Å². The number of benzene rings is 2. The molecule has 0 atom stereocenters. The van der Waals surface area contributed by atoms with Crippen molar-refractivity contribution in [3.63, 3.8) is 0 Å². The zero-order chi connectivity index (χ0) is 21.4. The van der Waals surface area contributed by atoms with Gasteiger partial charge in [0.1, 0.15) is 0 Å². The molecule has 2 aromatic carbocycles. The number of hydrogen-bond donors (Lipinski definition) is 3. The summed E-state index contributed by atoms with van der Waals surface area (Å²) in [4.78, 5) is 16.1. The lowest BCUT2D eigenvalue weighted by molar-refractivity contribution is 0.185. The number of rotatable bonds is 8. The lowest BCUT2D eigenvalue weighted by Crippen LogP contribution is -2.28. The van der Waals surface area contributed by atoms with Gasteiger partial charge in [-0.15, -0.1) is 0 Å². The highest BCUT2D eigenvalue weighted by Gasteiger charge is 2.14. The van der Waals surface area contributed by atoms with Crippen molar-refractivity contribution in [1.82, 2.24) is 10.3 Å². The Morgan fingerprint density at radius 3 is 2.47 bits per heavy atom. The van der Waals surface area contributed by atoms with Crippen LogP contribution in [0.25, 0.3) is 0 Å². The lowest BCUT2D eigenvalue weighted by atomic mass is 10.2. The zero-order valence-electron chi connectivity index (χ0n) is 16.3. The van der Waals surface area contributed by atoms with Gasteiger partial charge in [-0.1, -0.05) is 18.2 Å². The van der Waals surface area contributed by atoms with Crippen LogP contribution < -0.4 is 15.4 Å². The molecular weight excluding hydrogens is 404 g/mol. The molecule has 9 heteroatoms. The topological polar surface area (TPSA) is 109 Å². The van der Waals surface area contributed by atoms with Crippen molar-refractivity contribution in [2.45, 2.75) is 18.0 Å². The number of sulfonamides is 1. The van der Waals surface area contributed by atoms with Crippen LogP contribution in [0.4, 0.5) is 16.2 Å². The number of nitrogens with one attached hydrogen (secondary N) is 3. The summed E-state index contributed by atoms with van der Waals surface area (Å²) in [6, 6.07) is 16.1. The van der Waals surface area contributed by atoms with E-state index in [9.17, 15) is 13.2 Å². The highest BCUT2D eigenvalue weighted by Crippen LogP contribution is 2.19. The van der Waals surface area contributed by atoms with Crippen molar-refractivity contribution in [3.8, 4) is 0 Å². The molecule has 0 radical (unpaired) electrons. The molecule has 2 amide bonds. The molecule has 0 fully saturated rings. The van der Waals surface area contributed by atoms with Crippen molar-refractivity contribution in [3.05, 3.63) is 84.2 Å². The fraction of sp³-hybridized carbons (Fsp3) is 0.143. The lowest BCUT2D eigenvalue weighted by Gasteiger charge is -2.11. The number of nitrogens with zero attached hydrogens (tertiary/aromatic N) is 1. The molecule has 0 saturated heterocycles. The Hall–Kier alpha value is -3.43. The second kappa shape index (κ2) is 9.86. The van der Waals surface area contributed by atoms with Crippen molar-refractivity contribution in [2.75, 3.05) is 17.1 Å². The van der Waals surface area contributed by atoms with Gasteiger partial charge in [0.25, 0.3) is 10.0 Å². The molecule has 3 aromatic rings. The molecule has 0 aliphatic carbocycles. The van der Waals surface area contributed by atoms with Crippen LogP contribution in [0, 0.1) is 0 Å². The van der Waals surface area contributed by atoms with Crippen LogP contribution >= 0.6 is 0 Å². The number of carbonyl (C=O) groups is 1.